The van der Waals surface area contributed by atoms with Crippen LogP contribution in [0.25, 0.3) is 65.3 Å². The van der Waals surface area contributed by atoms with Gasteiger partial charge in [0.2, 0.25) is 0 Å². The maximum Gasteiger partial charge on any atom is 0.141 e. The van der Waals surface area contributed by atoms with Crippen molar-refractivity contribution < 1.29 is 29.2 Å². The first-order valence-corrected chi connectivity index (χ1v) is 22.3. The van der Waals surface area contributed by atoms with Crippen LogP contribution in [0.5, 0.6) is 23.0 Å². The normalized spacial score (nSPS) is 11.6. The number of ether oxygens (including phenoxy) is 4. The molecule has 0 atom stereocenters. The Morgan fingerprint density at radius 1 is 0.357 bits per heavy atom. The lowest BCUT2D eigenvalue weighted by atomic mass is 9.92. The van der Waals surface area contributed by atoms with Crippen LogP contribution in [0.4, 0.5) is 0 Å². The molecule has 2 N–H and O–H groups in total. The Morgan fingerprint density at radius 2 is 0.643 bits per heavy atom. The smallest absolute Gasteiger partial charge is 0.141 e. The van der Waals surface area contributed by atoms with Crippen molar-refractivity contribution in [2.24, 2.45) is 0 Å². The fraction of sp³-hybridized carbons (Fsp3) is 0.130. The van der Waals surface area contributed by atoms with Gasteiger partial charge in [-0.1, -0.05) is 97.1 Å². The number of halogens is 4. The lowest BCUT2D eigenvalue weighted by Gasteiger charge is -2.20. The van der Waals surface area contributed by atoms with Crippen molar-refractivity contribution in [2.45, 2.75) is 0 Å². The van der Waals surface area contributed by atoms with E-state index in [1.807, 2.05) is 72.8 Å². The number of phenolic OH excluding ortho intramolecular Hbond substituents is 2. The summed E-state index contributed by atoms with van der Waals surface area (Å²) in [6.45, 7) is 2.19. The number of aromatic hydroxyl groups is 2. The van der Waals surface area contributed by atoms with Crippen molar-refractivity contribution in [3.63, 3.8) is 0 Å². The summed E-state index contributed by atoms with van der Waals surface area (Å²) in [5, 5.41) is 31.2. The van der Waals surface area contributed by atoms with Crippen LogP contribution < -0.4 is 9.47 Å². The van der Waals surface area contributed by atoms with E-state index < -0.39 is 0 Å². The molecule has 0 saturated carbocycles. The largest absolute Gasteiger partial charge is 0.506 e. The van der Waals surface area contributed by atoms with Gasteiger partial charge in [0.05, 0.1) is 40.7 Å². The van der Waals surface area contributed by atoms with E-state index in [9.17, 15) is 10.2 Å². The summed E-state index contributed by atoms with van der Waals surface area (Å²) in [5.74, 6) is 1.93. The number of phenols is 2. The van der Waals surface area contributed by atoms with Crippen LogP contribution in [-0.2, 0) is 9.47 Å². The minimum absolute atomic E-state index is 0.242. The van der Waals surface area contributed by atoms with E-state index in [-0.39, 0.29) is 11.5 Å². The summed E-state index contributed by atoms with van der Waals surface area (Å²) in [6.07, 6.45) is 0. The fourth-order valence-corrected chi connectivity index (χ4v) is 9.94. The monoisotopic (exact) mass is 1190 g/mol. The van der Waals surface area contributed by atoms with Crippen LogP contribution in [0.3, 0.4) is 0 Å². The molecule has 0 radical (unpaired) electrons. The average molecular weight is 1190 g/mol. The highest BCUT2D eigenvalue weighted by atomic mass is 127. The van der Waals surface area contributed by atoms with Gasteiger partial charge >= 0.3 is 0 Å². The summed E-state index contributed by atoms with van der Waals surface area (Å²) in [6, 6.07) is 40.9. The second-order valence-corrected chi connectivity index (χ2v) is 17.7. The molecule has 10 heteroatoms. The van der Waals surface area contributed by atoms with Crippen molar-refractivity contribution >= 4 is 133 Å². The molecule has 282 valence electrons. The Morgan fingerprint density at radius 3 is 1.00 bits per heavy atom. The molecule has 0 spiro atoms. The van der Waals surface area contributed by atoms with Gasteiger partial charge in [-0.3, -0.25) is 0 Å². The minimum atomic E-state index is 0.242. The van der Waals surface area contributed by atoms with Gasteiger partial charge < -0.3 is 29.2 Å². The zero-order valence-electron chi connectivity index (χ0n) is 29.8. The highest BCUT2D eigenvalue weighted by Crippen LogP contribution is 2.50. The van der Waals surface area contributed by atoms with Crippen LogP contribution in [0.2, 0.25) is 0 Å². The van der Waals surface area contributed by atoms with Crippen molar-refractivity contribution in [2.75, 3.05) is 39.6 Å². The van der Waals surface area contributed by atoms with Gasteiger partial charge in [0.15, 0.2) is 0 Å². The maximum atomic E-state index is 11.5. The van der Waals surface area contributed by atoms with E-state index in [0.717, 1.165) is 91.1 Å². The second kappa shape index (κ2) is 17.8. The Kier molecular flexibility index (Phi) is 12.6. The van der Waals surface area contributed by atoms with E-state index in [0.29, 0.717) is 39.6 Å². The first kappa shape index (κ1) is 39.7. The first-order chi connectivity index (χ1) is 27.3. The van der Waals surface area contributed by atoms with Crippen molar-refractivity contribution in [1.82, 2.24) is 0 Å². The zero-order chi connectivity index (χ0) is 38.8. The van der Waals surface area contributed by atoms with Gasteiger partial charge in [0.1, 0.15) is 36.2 Å². The van der Waals surface area contributed by atoms with Crippen LogP contribution in [0, 0.1) is 14.3 Å². The molecule has 0 aliphatic heterocycles. The molecule has 56 heavy (non-hydrogen) atoms. The Balaban J connectivity index is 0.920. The third-order valence-electron chi connectivity index (χ3n) is 9.68. The van der Waals surface area contributed by atoms with Crippen LogP contribution in [0.1, 0.15) is 0 Å². The fourth-order valence-electron chi connectivity index (χ4n) is 7.21. The number of rotatable bonds is 13. The lowest BCUT2D eigenvalue weighted by molar-refractivity contribution is 0.0273. The highest BCUT2D eigenvalue weighted by molar-refractivity contribution is 14.1. The molecule has 0 heterocycles. The molecule has 8 aromatic rings. The molecule has 0 aliphatic carbocycles. The quantitative estimate of drug-likeness (QED) is 0.0885. The van der Waals surface area contributed by atoms with Crippen molar-refractivity contribution in [3.05, 3.63) is 136 Å². The third kappa shape index (κ3) is 7.97. The molecule has 0 bridgehead atoms. The van der Waals surface area contributed by atoms with Gasteiger partial charge in [-0.2, -0.15) is 0 Å². The molecule has 8 aromatic carbocycles. The molecule has 0 aromatic heterocycles. The van der Waals surface area contributed by atoms with Crippen LogP contribution >= 0.6 is 90.4 Å². The predicted molar refractivity (Wildman–Crippen MR) is 261 cm³/mol. The zero-order valence-corrected chi connectivity index (χ0v) is 38.5. The van der Waals surface area contributed by atoms with Crippen molar-refractivity contribution in [1.29, 1.82) is 0 Å². The molecular weight excluding hydrogens is 1160 g/mol. The topological polar surface area (TPSA) is 77.4 Å². The number of benzene rings is 8. The molecule has 0 fully saturated rings. The second-order valence-electron chi connectivity index (χ2n) is 13.1. The Labute approximate surface area is 379 Å². The molecule has 8 rings (SSSR count). The summed E-state index contributed by atoms with van der Waals surface area (Å²) >= 11 is 9.03. The number of hydrogen-bond acceptors (Lipinski definition) is 6. The molecular formula is C46H34I4O6. The maximum absolute atomic E-state index is 11.5. The number of hydrogen-bond donors (Lipinski definition) is 2. The van der Waals surface area contributed by atoms with E-state index in [2.05, 4.69) is 139 Å². The van der Waals surface area contributed by atoms with E-state index in [1.165, 1.54) is 0 Å². The average Bonchev–Trinajstić information content (AvgIpc) is 3.20. The first-order valence-electron chi connectivity index (χ1n) is 18.0. The van der Waals surface area contributed by atoms with Gasteiger partial charge in [-0.05, 0) is 158 Å². The van der Waals surface area contributed by atoms with Crippen LogP contribution in [0.15, 0.2) is 121 Å². The highest BCUT2D eigenvalue weighted by Gasteiger charge is 2.24. The molecule has 0 aliphatic rings. The van der Waals surface area contributed by atoms with Gasteiger partial charge in [-0.15, -0.1) is 0 Å². The number of fused-ring (bicyclic) bond motifs is 4. The molecule has 0 amide bonds. The predicted octanol–water partition coefficient (Wildman–Crippen LogP) is 13.0. The molecule has 0 saturated heterocycles. The standard InChI is InChI=1S/C46H34I4O6/c47-35-23-27-9-1-5-13-31(27)39(43(35)51)41-33-15-7-3-11-29(33)25-37(49)45(41)55-21-19-53-17-18-54-20-22-56-46-38(50)26-30-12-4-8-16-34(30)42(46)40-32-14-6-2-10-28(32)24-36(48)44(40)52/h1-16,23-26,51-52H,17-22H2. The van der Waals surface area contributed by atoms with Crippen LogP contribution in [-0.4, -0.2) is 49.9 Å². The Hall–Kier alpha value is -3.16. The lowest BCUT2D eigenvalue weighted by Crippen LogP contribution is -2.14. The van der Waals surface area contributed by atoms with E-state index in [1.54, 1.807) is 0 Å². The summed E-state index contributed by atoms with van der Waals surface area (Å²) in [4.78, 5) is 0. The van der Waals surface area contributed by atoms with E-state index in [4.69, 9.17) is 18.9 Å². The SMILES string of the molecule is Oc1c(I)cc2ccccc2c1-c1c(OCCOCCOCCOc2c(I)cc3ccccc3c2-c2c(O)c(I)cc3ccccc23)c(I)cc2ccccc12. The van der Waals surface area contributed by atoms with Gasteiger partial charge in [0.25, 0.3) is 0 Å². The van der Waals surface area contributed by atoms with Gasteiger partial charge in [-0.25, -0.2) is 0 Å². The summed E-state index contributed by atoms with van der Waals surface area (Å²) < 4.78 is 28.3. The molecule has 0 unspecified atom stereocenters. The van der Waals surface area contributed by atoms with Gasteiger partial charge in [0, 0.05) is 22.3 Å². The van der Waals surface area contributed by atoms with Crippen molar-refractivity contribution in [3.8, 4) is 45.3 Å². The molecule has 6 nitrogen and oxygen atoms in total. The summed E-state index contributed by atoms with van der Waals surface area (Å²) in [7, 11) is 0. The summed E-state index contributed by atoms with van der Waals surface area (Å²) in [5.41, 5.74) is 3.28. The third-order valence-corrected chi connectivity index (χ3v) is 12.9. The minimum Gasteiger partial charge on any atom is -0.506 e. The Bertz CT molecular complexity index is 2560. The van der Waals surface area contributed by atoms with E-state index >= 15 is 0 Å².